The van der Waals surface area contributed by atoms with E-state index in [4.69, 9.17) is 4.74 Å². The zero-order chi connectivity index (χ0) is 17.2. The first-order valence-electron chi connectivity index (χ1n) is 8.55. The number of benzene rings is 2. The molecule has 0 unspecified atom stereocenters. The summed E-state index contributed by atoms with van der Waals surface area (Å²) in [5.74, 6) is 2.29. The van der Waals surface area contributed by atoms with E-state index in [1.165, 1.54) is 12.8 Å². The van der Waals surface area contributed by atoms with Crippen molar-refractivity contribution in [2.24, 2.45) is 0 Å². The van der Waals surface area contributed by atoms with Gasteiger partial charge in [-0.25, -0.2) is 0 Å². The highest BCUT2D eigenvalue weighted by atomic mass is 32.2. The van der Waals surface area contributed by atoms with Gasteiger partial charge in [0.25, 0.3) is 0 Å². The van der Waals surface area contributed by atoms with E-state index in [1.807, 2.05) is 37.3 Å². The van der Waals surface area contributed by atoms with Crippen LogP contribution >= 0.6 is 11.8 Å². The van der Waals surface area contributed by atoms with Crippen LogP contribution in [-0.4, -0.2) is 38.3 Å². The van der Waals surface area contributed by atoms with Crippen LogP contribution in [0.5, 0.6) is 5.75 Å². The van der Waals surface area contributed by atoms with Gasteiger partial charge in [-0.2, -0.15) is 0 Å². The van der Waals surface area contributed by atoms with Crippen LogP contribution in [0.1, 0.15) is 24.7 Å². The minimum absolute atomic E-state index is 0.261. The number of rotatable bonds is 7. The Balaban J connectivity index is 1.36. The van der Waals surface area contributed by atoms with Gasteiger partial charge in [0.05, 0.1) is 6.10 Å². The molecule has 6 heteroatoms. The predicted molar refractivity (Wildman–Crippen MR) is 99.2 cm³/mol. The summed E-state index contributed by atoms with van der Waals surface area (Å²) in [6, 6.07) is 14.6. The van der Waals surface area contributed by atoms with Crippen LogP contribution < -0.4 is 4.74 Å². The molecular formula is C19H21N3O2S. The number of hydrogen-bond acceptors (Lipinski definition) is 5. The van der Waals surface area contributed by atoms with E-state index >= 15 is 0 Å². The number of ether oxygens (including phenoxy) is 1. The van der Waals surface area contributed by atoms with Crippen molar-refractivity contribution >= 4 is 22.5 Å². The van der Waals surface area contributed by atoms with E-state index in [-0.39, 0.29) is 6.61 Å². The number of aromatic nitrogens is 3. The largest absolute Gasteiger partial charge is 0.490 e. The molecular weight excluding hydrogens is 334 g/mol. The average molecular weight is 355 g/mol. The third kappa shape index (κ3) is 3.65. The summed E-state index contributed by atoms with van der Waals surface area (Å²) in [6.07, 6.45) is 1.83. The molecule has 1 N–H and O–H groups in total. The van der Waals surface area contributed by atoms with E-state index in [0.29, 0.717) is 11.8 Å². The predicted octanol–water partition coefficient (Wildman–Crippen LogP) is 3.61. The monoisotopic (exact) mass is 355 g/mol. The molecule has 3 aromatic rings. The second-order valence-corrected chi connectivity index (χ2v) is 7.37. The lowest BCUT2D eigenvalue weighted by Gasteiger charge is -2.14. The van der Waals surface area contributed by atoms with Crippen molar-refractivity contribution in [2.75, 3.05) is 12.4 Å². The first kappa shape index (κ1) is 16.4. The third-order valence-corrected chi connectivity index (χ3v) is 5.42. The molecule has 0 radical (unpaired) electrons. The quantitative estimate of drug-likeness (QED) is 0.656. The van der Waals surface area contributed by atoms with Crippen molar-refractivity contribution in [3.05, 3.63) is 48.3 Å². The molecule has 0 bridgehead atoms. The van der Waals surface area contributed by atoms with E-state index in [2.05, 4.69) is 26.9 Å². The molecule has 5 nitrogen and oxygen atoms in total. The zero-order valence-corrected chi connectivity index (χ0v) is 14.9. The van der Waals surface area contributed by atoms with Crippen molar-refractivity contribution in [3.8, 4) is 5.75 Å². The Hall–Kier alpha value is -2.05. The van der Waals surface area contributed by atoms with Crippen LogP contribution in [0.4, 0.5) is 0 Å². The Bertz CT molecular complexity index is 871. The molecule has 0 saturated heterocycles. The van der Waals surface area contributed by atoms with Crippen molar-refractivity contribution in [1.29, 1.82) is 0 Å². The van der Waals surface area contributed by atoms with E-state index in [1.54, 1.807) is 11.8 Å². The van der Waals surface area contributed by atoms with Gasteiger partial charge >= 0.3 is 0 Å². The fraction of sp³-hybridized carbons (Fsp3) is 0.368. The molecule has 0 spiro atoms. The molecule has 1 aromatic heterocycles. The first-order valence-corrected chi connectivity index (χ1v) is 9.54. The Morgan fingerprint density at radius 1 is 1.20 bits per heavy atom. The smallest absolute Gasteiger partial charge is 0.191 e. The number of thioether (sulfide) groups is 1. The third-order valence-electron chi connectivity index (χ3n) is 4.33. The van der Waals surface area contributed by atoms with Crippen LogP contribution in [0.15, 0.2) is 47.6 Å². The maximum atomic E-state index is 10.3. The van der Waals surface area contributed by atoms with Gasteiger partial charge in [0.1, 0.15) is 18.2 Å². The van der Waals surface area contributed by atoms with E-state index in [9.17, 15) is 5.11 Å². The highest BCUT2D eigenvalue weighted by molar-refractivity contribution is 7.99. The van der Waals surface area contributed by atoms with Gasteiger partial charge in [0.2, 0.25) is 0 Å². The Kier molecular flexibility index (Phi) is 4.63. The highest BCUT2D eigenvalue weighted by Crippen LogP contribution is 2.38. The molecule has 1 heterocycles. The van der Waals surface area contributed by atoms with E-state index in [0.717, 1.165) is 27.5 Å². The minimum atomic E-state index is -0.561. The lowest BCUT2D eigenvalue weighted by Crippen LogP contribution is -2.20. The summed E-state index contributed by atoms with van der Waals surface area (Å²) in [7, 11) is 0. The van der Waals surface area contributed by atoms with Crippen molar-refractivity contribution < 1.29 is 9.84 Å². The molecule has 1 atom stereocenters. The molecule has 1 fully saturated rings. The molecule has 1 aliphatic carbocycles. The molecule has 0 amide bonds. The molecule has 130 valence electrons. The zero-order valence-electron chi connectivity index (χ0n) is 14.1. The van der Waals surface area contributed by atoms with Crippen LogP contribution in [0.3, 0.4) is 0 Å². The fourth-order valence-corrected chi connectivity index (χ4v) is 3.88. The summed E-state index contributed by atoms with van der Waals surface area (Å²) in [4.78, 5) is 0. The van der Waals surface area contributed by atoms with Gasteiger partial charge in [0, 0.05) is 17.2 Å². The lowest BCUT2D eigenvalue weighted by atomic mass is 10.1. The molecule has 1 aliphatic rings. The minimum Gasteiger partial charge on any atom is -0.490 e. The highest BCUT2D eigenvalue weighted by Gasteiger charge is 2.28. The summed E-state index contributed by atoms with van der Waals surface area (Å²) in [5.41, 5.74) is 0. The Morgan fingerprint density at radius 2 is 2.00 bits per heavy atom. The van der Waals surface area contributed by atoms with E-state index < -0.39 is 6.10 Å². The average Bonchev–Trinajstić information content (AvgIpc) is 3.40. The maximum Gasteiger partial charge on any atom is 0.191 e. The normalized spacial score (nSPS) is 15.4. The van der Waals surface area contributed by atoms with Gasteiger partial charge in [-0.1, -0.05) is 48.2 Å². The van der Waals surface area contributed by atoms with Crippen LogP contribution in [0.2, 0.25) is 0 Å². The summed E-state index contributed by atoms with van der Waals surface area (Å²) < 4.78 is 8.04. The SMILES string of the molecule is Cc1nnc(SC[C@H](O)COc2cccc3ccccc23)n1C1CC1. The Labute approximate surface area is 151 Å². The number of fused-ring (bicyclic) bond motifs is 1. The molecule has 25 heavy (non-hydrogen) atoms. The van der Waals surface area contributed by atoms with Gasteiger partial charge in [-0.15, -0.1) is 10.2 Å². The van der Waals surface area contributed by atoms with Gasteiger partial charge in [-0.05, 0) is 31.2 Å². The summed E-state index contributed by atoms with van der Waals surface area (Å²) in [6.45, 7) is 2.24. The molecule has 0 aliphatic heterocycles. The van der Waals surface area contributed by atoms with Crippen molar-refractivity contribution in [3.63, 3.8) is 0 Å². The second-order valence-electron chi connectivity index (χ2n) is 6.38. The second kappa shape index (κ2) is 7.06. The van der Waals surface area contributed by atoms with Crippen LogP contribution in [0.25, 0.3) is 10.8 Å². The van der Waals surface area contributed by atoms with Crippen molar-refractivity contribution in [1.82, 2.24) is 14.8 Å². The fourth-order valence-electron chi connectivity index (χ4n) is 2.93. The Morgan fingerprint density at radius 3 is 2.84 bits per heavy atom. The standard InChI is InChI=1S/C19H21N3O2S/c1-13-20-21-19(22(13)15-9-10-15)25-12-16(23)11-24-18-8-4-6-14-5-2-3-7-17(14)18/h2-8,15-16,23H,9-12H2,1H3/t16-/m1/s1. The van der Waals surface area contributed by atoms with Gasteiger partial charge in [0.15, 0.2) is 5.16 Å². The van der Waals surface area contributed by atoms with Crippen molar-refractivity contribution in [2.45, 2.75) is 37.1 Å². The van der Waals surface area contributed by atoms with Gasteiger partial charge < -0.3 is 14.4 Å². The number of hydrogen-bond donors (Lipinski definition) is 1. The lowest BCUT2D eigenvalue weighted by molar-refractivity contribution is 0.127. The topological polar surface area (TPSA) is 60.2 Å². The molecule has 4 rings (SSSR count). The van der Waals surface area contributed by atoms with Crippen LogP contribution in [-0.2, 0) is 0 Å². The summed E-state index contributed by atoms with van der Waals surface area (Å²) >= 11 is 1.54. The molecule has 2 aromatic carbocycles. The number of aliphatic hydroxyl groups is 1. The summed E-state index contributed by atoms with van der Waals surface area (Å²) in [5, 5.41) is 21.8. The molecule has 1 saturated carbocycles. The number of aryl methyl sites for hydroxylation is 1. The number of aliphatic hydroxyl groups excluding tert-OH is 1. The maximum absolute atomic E-state index is 10.3. The first-order chi connectivity index (χ1) is 12.2. The van der Waals surface area contributed by atoms with Gasteiger partial charge in [-0.3, -0.25) is 0 Å². The van der Waals surface area contributed by atoms with Crippen LogP contribution in [0, 0.1) is 6.92 Å². The number of nitrogens with zero attached hydrogens (tertiary/aromatic N) is 3.